The molecule has 1 fully saturated rings. The summed E-state index contributed by atoms with van der Waals surface area (Å²) < 4.78 is 0. The first-order chi connectivity index (χ1) is 12.0. The molecule has 5 nitrogen and oxygen atoms in total. The molecular weight excluding hydrogens is 312 g/mol. The summed E-state index contributed by atoms with van der Waals surface area (Å²) in [6, 6.07) is 12.6. The normalized spacial score (nSPS) is 14.7. The number of nitrogens with one attached hydrogen (secondary N) is 1. The van der Waals surface area contributed by atoms with Crippen LogP contribution in [0.1, 0.15) is 19.4 Å². The molecule has 0 unspecified atom stereocenters. The van der Waals surface area contributed by atoms with E-state index in [1.807, 2.05) is 26.0 Å². The molecular formula is C20H26N4O. The Bertz CT molecular complexity index is 719. The largest absolute Gasteiger partial charge is 0.368 e. The minimum Gasteiger partial charge on any atom is -0.368 e. The molecule has 1 amide bonds. The van der Waals surface area contributed by atoms with Crippen LogP contribution in [-0.4, -0.2) is 37.1 Å². The molecule has 0 atom stereocenters. The van der Waals surface area contributed by atoms with Gasteiger partial charge in [-0.3, -0.25) is 4.79 Å². The smallest absolute Gasteiger partial charge is 0.226 e. The lowest BCUT2D eigenvalue weighted by Gasteiger charge is -2.36. The Morgan fingerprint density at radius 1 is 1.08 bits per heavy atom. The Morgan fingerprint density at radius 2 is 1.80 bits per heavy atom. The molecule has 0 saturated carbocycles. The predicted molar refractivity (Wildman–Crippen MR) is 103 cm³/mol. The number of hydrogen-bond acceptors (Lipinski definition) is 4. The highest BCUT2D eigenvalue weighted by molar-refractivity contribution is 5.91. The number of aryl methyl sites for hydroxylation is 1. The number of aromatic nitrogens is 1. The van der Waals surface area contributed by atoms with Gasteiger partial charge in [0.15, 0.2) is 0 Å². The summed E-state index contributed by atoms with van der Waals surface area (Å²) in [5, 5.41) is 2.88. The van der Waals surface area contributed by atoms with Gasteiger partial charge in [-0.1, -0.05) is 26.0 Å². The van der Waals surface area contributed by atoms with Crippen molar-refractivity contribution in [3.8, 4) is 0 Å². The molecule has 1 aliphatic heterocycles. The van der Waals surface area contributed by atoms with E-state index in [9.17, 15) is 4.79 Å². The maximum Gasteiger partial charge on any atom is 0.226 e. The van der Waals surface area contributed by atoms with Gasteiger partial charge in [-0.25, -0.2) is 4.98 Å². The Hall–Kier alpha value is -2.56. The first kappa shape index (κ1) is 17.3. The lowest BCUT2D eigenvalue weighted by Crippen LogP contribution is -2.46. The van der Waals surface area contributed by atoms with E-state index in [-0.39, 0.29) is 11.8 Å². The van der Waals surface area contributed by atoms with Crippen molar-refractivity contribution in [1.29, 1.82) is 0 Å². The van der Waals surface area contributed by atoms with E-state index in [0.717, 1.165) is 37.7 Å². The van der Waals surface area contributed by atoms with Crippen LogP contribution in [-0.2, 0) is 4.79 Å². The van der Waals surface area contributed by atoms with Crippen LogP contribution in [0.25, 0.3) is 0 Å². The van der Waals surface area contributed by atoms with Crippen LogP contribution in [0.3, 0.4) is 0 Å². The quantitative estimate of drug-likeness (QED) is 0.929. The molecule has 25 heavy (non-hydrogen) atoms. The summed E-state index contributed by atoms with van der Waals surface area (Å²) in [5.41, 5.74) is 3.33. The van der Waals surface area contributed by atoms with Gasteiger partial charge in [0, 0.05) is 37.8 Å². The molecule has 1 aromatic carbocycles. The molecule has 0 radical (unpaired) electrons. The second-order valence-electron chi connectivity index (χ2n) is 6.86. The number of amides is 1. The summed E-state index contributed by atoms with van der Waals surface area (Å²) in [5.74, 6) is 0.946. The number of carbonyl (C=O) groups is 1. The van der Waals surface area contributed by atoms with E-state index in [1.165, 1.54) is 11.3 Å². The summed E-state index contributed by atoms with van der Waals surface area (Å²) in [7, 11) is 0. The molecule has 1 saturated heterocycles. The Labute approximate surface area is 149 Å². The monoisotopic (exact) mass is 338 g/mol. The third-order valence-corrected chi connectivity index (χ3v) is 4.51. The molecule has 2 aromatic rings. The zero-order valence-corrected chi connectivity index (χ0v) is 15.2. The number of rotatable bonds is 4. The maximum atomic E-state index is 11.7. The number of hydrogen-bond donors (Lipinski definition) is 1. The minimum atomic E-state index is -0.0330. The molecule has 3 rings (SSSR count). The number of pyridine rings is 1. The molecule has 1 aliphatic rings. The fourth-order valence-electron chi connectivity index (χ4n) is 2.95. The summed E-state index contributed by atoms with van der Waals surface area (Å²) in [4.78, 5) is 21.0. The van der Waals surface area contributed by atoms with Crippen LogP contribution >= 0.6 is 0 Å². The van der Waals surface area contributed by atoms with Crippen LogP contribution in [0.5, 0.6) is 0 Å². The van der Waals surface area contributed by atoms with Gasteiger partial charge in [0.1, 0.15) is 5.82 Å². The molecule has 0 spiro atoms. The lowest BCUT2D eigenvalue weighted by atomic mass is 10.2. The molecule has 0 aliphatic carbocycles. The molecule has 2 heterocycles. The lowest BCUT2D eigenvalue weighted by molar-refractivity contribution is -0.118. The first-order valence-electron chi connectivity index (χ1n) is 8.86. The maximum absolute atomic E-state index is 11.7. The fraction of sp³-hybridized carbons (Fsp3) is 0.400. The molecule has 1 aromatic heterocycles. The molecule has 5 heteroatoms. The van der Waals surface area contributed by atoms with Gasteiger partial charge in [-0.2, -0.15) is 0 Å². The van der Waals surface area contributed by atoms with E-state index in [4.69, 9.17) is 0 Å². The van der Waals surface area contributed by atoms with Crippen LogP contribution in [0, 0.1) is 12.8 Å². The van der Waals surface area contributed by atoms with E-state index >= 15 is 0 Å². The summed E-state index contributed by atoms with van der Waals surface area (Å²) in [6.07, 6.45) is 1.74. The SMILES string of the molecule is Cc1cccc(N2CCN(c3ccc(NC(=O)C(C)C)cn3)CC2)c1. The number of piperazine rings is 1. The van der Waals surface area contributed by atoms with Crippen LogP contribution in [0.2, 0.25) is 0 Å². The number of anilines is 3. The van der Waals surface area contributed by atoms with Crippen molar-refractivity contribution in [3.63, 3.8) is 0 Å². The second kappa shape index (κ2) is 7.55. The minimum absolute atomic E-state index is 0.0151. The zero-order chi connectivity index (χ0) is 17.8. The number of nitrogens with zero attached hydrogens (tertiary/aromatic N) is 3. The van der Waals surface area contributed by atoms with Crippen molar-refractivity contribution in [2.75, 3.05) is 41.3 Å². The van der Waals surface area contributed by atoms with Crippen molar-refractivity contribution in [2.45, 2.75) is 20.8 Å². The van der Waals surface area contributed by atoms with Crippen molar-refractivity contribution in [2.24, 2.45) is 5.92 Å². The highest BCUT2D eigenvalue weighted by Crippen LogP contribution is 2.21. The number of benzene rings is 1. The van der Waals surface area contributed by atoms with Gasteiger partial charge in [-0.05, 0) is 36.8 Å². The first-order valence-corrected chi connectivity index (χ1v) is 8.86. The Balaban J connectivity index is 1.58. The zero-order valence-electron chi connectivity index (χ0n) is 15.2. The molecule has 1 N–H and O–H groups in total. The van der Waals surface area contributed by atoms with Crippen LogP contribution < -0.4 is 15.1 Å². The van der Waals surface area contributed by atoms with Gasteiger partial charge in [0.05, 0.1) is 11.9 Å². The average molecular weight is 338 g/mol. The van der Waals surface area contributed by atoms with E-state index < -0.39 is 0 Å². The number of carbonyl (C=O) groups excluding carboxylic acids is 1. The van der Waals surface area contributed by atoms with Crippen molar-refractivity contribution in [1.82, 2.24) is 4.98 Å². The van der Waals surface area contributed by atoms with Gasteiger partial charge >= 0.3 is 0 Å². The molecule has 0 bridgehead atoms. The standard InChI is InChI=1S/C20H26N4O/c1-15(2)20(25)22-17-7-8-19(21-14-17)24-11-9-23(10-12-24)18-6-4-5-16(3)13-18/h4-8,13-15H,9-12H2,1-3H3,(H,22,25). The predicted octanol–water partition coefficient (Wildman–Crippen LogP) is 3.31. The molecule has 132 valence electrons. The van der Waals surface area contributed by atoms with Gasteiger partial charge in [0.2, 0.25) is 5.91 Å². The van der Waals surface area contributed by atoms with Gasteiger partial charge in [-0.15, -0.1) is 0 Å². The van der Waals surface area contributed by atoms with Crippen molar-refractivity contribution >= 4 is 23.1 Å². The fourth-order valence-corrected chi connectivity index (χ4v) is 2.95. The van der Waals surface area contributed by atoms with Crippen molar-refractivity contribution < 1.29 is 4.79 Å². The Morgan fingerprint density at radius 3 is 2.40 bits per heavy atom. The third-order valence-electron chi connectivity index (χ3n) is 4.51. The van der Waals surface area contributed by atoms with Crippen LogP contribution in [0.4, 0.5) is 17.2 Å². The summed E-state index contributed by atoms with van der Waals surface area (Å²) >= 11 is 0. The highest BCUT2D eigenvalue weighted by Gasteiger charge is 2.18. The topological polar surface area (TPSA) is 48.5 Å². The Kier molecular flexibility index (Phi) is 5.22. The van der Waals surface area contributed by atoms with E-state index in [0.29, 0.717) is 0 Å². The van der Waals surface area contributed by atoms with E-state index in [2.05, 4.69) is 51.3 Å². The van der Waals surface area contributed by atoms with E-state index in [1.54, 1.807) is 6.20 Å². The summed E-state index contributed by atoms with van der Waals surface area (Å²) in [6.45, 7) is 9.74. The average Bonchev–Trinajstić information content (AvgIpc) is 2.62. The third kappa shape index (κ3) is 4.29. The van der Waals surface area contributed by atoms with Crippen LogP contribution in [0.15, 0.2) is 42.6 Å². The second-order valence-corrected chi connectivity index (χ2v) is 6.86. The highest BCUT2D eigenvalue weighted by atomic mass is 16.1. The van der Waals surface area contributed by atoms with Gasteiger partial charge < -0.3 is 15.1 Å². The van der Waals surface area contributed by atoms with Crippen molar-refractivity contribution in [3.05, 3.63) is 48.2 Å². The van der Waals surface area contributed by atoms with Gasteiger partial charge in [0.25, 0.3) is 0 Å².